The largest absolute Gasteiger partial charge is 0.313 e. The van der Waals surface area contributed by atoms with Gasteiger partial charge in [0.15, 0.2) is 0 Å². The highest BCUT2D eigenvalue weighted by Crippen LogP contribution is 2.26. The van der Waals surface area contributed by atoms with Gasteiger partial charge < -0.3 is 10.2 Å². The second-order valence-electron chi connectivity index (χ2n) is 5.92. The van der Waals surface area contributed by atoms with E-state index in [1.807, 2.05) is 19.2 Å². The lowest BCUT2D eigenvalue weighted by Gasteiger charge is -2.28. The fourth-order valence-corrected chi connectivity index (χ4v) is 3.18. The maximum absolute atomic E-state index is 13.9. The Hall–Kier alpha value is -0.930. The number of nitrogens with one attached hydrogen (secondary N) is 1. The van der Waals surface area contributed by atoms with Crippen LogP contribution in [0.4, 0.5) is 4.39 Å². The Morgan fingerprint density at radius 2 is 2.16 bits per heavy atom. The van der Waals surface area contributed by atoms with Crippen molar-refractivity contribution in [3.05, 3.63) is 35.6 Å². The molecule has 2 rings (SSSR count). The van der Waals surface area contributed by atoms with Gasteiger partial charge in [0.05, 0.1) is 0 Å². The van der Waals surface area contributed by atoms with Crippen LogP contribution in [0.25, 0.3) is 0 Å². The zero-order chi connectivity index (χ0) is 13.8. The zero-order valence-corrected chi connectivity index (χ0v) is 12.2. The topological polar surface area (TPSA) is 15.3 Å². The van der Waals surface area contributed by atoms with Crippen LogP contribution in [0.2, 0.25) is 0 Å². The Kier molecular flexibility index (Phi) is 4.94. The first-order valence-electron chi connectivity index (χ1n) is 7.26. The lowest BCUT2D eigenvalue weighted by molar-refractivity contribution is 0.244. The van der Waals surface area contributed by atoms with E-state index in [-0.39, 0.29) is 11.9 Å². The molecule has 1 fully saturated rings. The predicted molar refractivity (Wildman–Crippen MR) is 77.6 cm³/mol. The summed E-state index contributed by atoms with van der Waals surface area (Å²) in [5.41, 5.74) is 0.782. The third-order valence-corrected chi connectivity index (χ3v) is 4.17. The molecule has 3 atom stereocenters. The molecule has 0 aromatic heterocycles. The molecule has 0 amide bonds. The molecule has 0 radical (unpaired) electrons. The highest BCUT2D eigenvalue weighted by molar-refractivity contribution is 5.21. The van der Waals surface area contributed by atoms with Gasteiger partial charge in [-0.1, -0.05) is 32.0 Å². The van der Waals surface area contributed by atoms with Gasteiger partial charge >= 0.3 is 0 Å². The Morgan fingerprint density at radius 3 is 2.74 bits per heavy atom. The first kappa shape index (κ1) is 14.5. The van der Waals surface area contributed by atoms with Gasteiger partial charge in [0.1, 0.15) is 5.82 Å². The van der Waals surface area contributed by atoms with Crippen molar-refractivity contribution in [2.75, 3.05) is 26.7 Å². The van der Waals surface area contributed by atoms with Crippen LogP contribution in [-0.4, -0.2) is 31.6 Å². The molecule has 1 aliphatic heterocycles. The minimum Gasteiger partial charge on any atom is -0.313 e. The van der Waals surface area contributed by atoms with Gasteiger partial charge in [-0.25, -0.2) is 4.39 Å². The fraction of sp³-hybridized carbons (Fsp3) is 0.625. The van der Waals surface area contributed by atoms with Gasteiger partial charge in [-0.2, -0.15) is 0 Å². The number of halogens is 1. The summed E-state index contributed by atoms with van der Waals surface area (Å²) in [6.07, 6.45) is 1.29. The smallest absolute Gasteiger partial charge is 0.127 e. The minimum atomic E-state index is -0.108. The molecule has 0 aliphatic carbocycles. The quantitative estimate of drug-likeness (QED) is 0.879. The summed E-state index contributed by atoms with van der Waals surface area (Å²) in [6, 6.07) is 7.17. The van der Waals surface area contributed by atoms with E-state index in [2.05, 4.69) is 24.1 Å². The number of likely N-dealkylation sites (tertiary alicyclic amines) is 1. The number of hydrogen-bond donors (Lipinski definition) is 1. The van der Waals surface area contributed by atoms with Gasteiger partial charge in [0.25, 0.3) is 0 Å². The van der Waals surface area contributed by atoms with E-state index in [4.69, 9.17) is 0 Å². The molecule has 0 spiro atoms. The van der Waals surface area contributed by atoms with Crippen LogP contribution in [0.15, 0.2) is 24.3 Å². The highest BCUT2D eigenvalue weighted by Gasteiger charge is 2.25. The summed E-state index contributed by atoms with van der Waals surface area (Å²) in [4.78, 5) is 2.50. The first-order valence-corrected chi connectivity index (χ1v) is 7.26. The van der Waals surface area contributed by atoms with Crippen molar-refractivity contribution in [1.82, 2.24) is 10.2 Å². The lowest BCUT2D eigenvalue weighted by atomic mass is 9.93. The molecule has 106 valence electrons. The monoisotopic (exact) mass is 264 g/mol. The molecule has 19 heavy (non-hydrogen) atoms. The second-order valence-corrected chi connectivity index (χ2v) is 5.92. The van der Waals surface area contributed by atoms with E-state index in [0.717, 1.165) is 18.0 Å². The molecule has 1 N–H and O–H groups in total. The summed E-state index contributed by atoms with van der Waals surface area (Å²) < 4.78 is 13.9. The van der Waals surface area contributed by atoms with Crippen LogP contribution < -0.4 is 5.32 Å². The average Bonchev–Trinajstić information content (AvgIpc) is 2.78. The van der Waals surface area contributed by atoms with Crippen LogP contribution in [0, 0.1) is 17.7 Å². The molecule has 1 aromatic rings. The van der Waals surface area contributed by atoms with Crippen LogP contribution in [0.3, 0.4) is 0 Å². The van der Waals surface area contributed by atoms with E-state index < -0.39 is 0 Å². The van der Waals surface area contributed by atoms with Crippen molar-refractivity contribution >= 4 is 0 Å². The van der Waals surface area contributed by atoms with Crippen LogP contribution in [0.1, 0.15) is 31.9 Å². The fourth-order valence-electron chi connectivity index (χ4n) is 3.18. The second kappa shape index (κ2) is 6.49. The number of rotatable bonds is 5. The summed E-state index contributed by atoms with van der Waals surface area (Å²) in [6.45, 7) is 7.90. The van der Waals surface area contributed by atoms with Crippen LogP contribution in [0.5, 0.6) is 0 Å². The third kappa shape index (κ3) is 3.54. The molecule has 3 heteroatoms. The predicted octanol–water partition coefficient (Wildman–Crippen LogP) is 3.06. The van der Waals surface area contributed by atoms with Gasteiger partial charge in [0.2, 0.25) is 0 Å². The average molecular weight is 264 g/mol. The van der Waals surface area contributed by atoms with Gasteiger partial charge in [0, 0.05) is 24.7 Å². The van der Waals surface area contributed by atoms with Gasteiger partial charge in [-0.15, -0.1) is 0 Å². The summed E-state index contributed by atoms with van der Waals surface area (Å²) in [5.74, 6) is 1.09. The molecule has 3 unspecified atom stereocenters. The lowest BCUT2D eigenvalue weighted by Crippen LogP contribution is -2.34. The van der Waals surface area contributed by atoms with Crippen LogP contribution in [-0.2, 0) is 0 Å². The van der Waals surface area contributed by atoms with Gasteiger partial charge in [-0.3, -0.25) is 0 Å². The van der Waals surface area contributed by atoms with E-state index >= 15 is 0 Å². The van der Waals surface area contributed by atoms with Crippen molar-refractivity contribution in [3.8, 4) is 0 Å². The van der Waals surface area contributed by atoms with Crippen molar-refractivity contribution in [2.45, 2.75) is 26.3 Å². The standard InChI is InChI=1S/C16H25FN2/c1-12-8-9-19(10-12)11-13(2)16(18-3)14-6-4-5-7-15(14)17/h4-7,12-13,16,18H,8-11H2,1-3H3. The maximum Gasteiger partial charge on any atom is 0.127 e. The summed E-state index contributed by atoms with van der Waals surface area (Å²) in [5, 5.41) is 3.28. The molecule has 1 aliphatic rings. The third-order valence-electron chi connectivity index (χ3n) is 4.17. The highest BCUT2D eigenvalue weighted by atomic mass is 19.1. The summed E-state index contributed by atoms with van der Waals surface area (Å²) in [7, 11) is 1.92. The first-order chi connectivity index (χ1) is 9.11. The molecule has 2 nitrogen and oxygen atoms in total. The van der Waals surface area contributed by atoms with Gasteiger partial charge in [-0.05, 0) is 37.9 Å². The van der Waals surface area contributed by atoms with E-state index in [9.17, 15) is 4.39 Å². The molecule has 1 heterocycles. The van der Waals surface area contributed by atoms with Crippen molar-refractivity contribution in [3.63, 3.8) is 0 Å². The van der Waals surface area contributed by atoms with Crippen LogP contribution >= 0.6 is 0 Å². The summed E-state index contributed by atoms with van der Waals surface area (Å²) >= 11 is 0. The van der Waals surface area contributed by atoms with Crippen molar-refractivity contribution in [1.29, 1.82) is 0 Å². The Balaban J connectivity index is 2.03. The number of benzene rings is 1. The molecule has 1 aromatic carbocycles. The normalized spacial score (nSPS) is 23.5. The molecular formula is C16H25FN2. The molecule has 0 saturated carbocycles. The molecular weight excluding hydrogens is 239 g/mol. The zero-order valence-electron chi connectivity index (χ0n) is 12.2. The molecule has 1 saturated heterocycles. The van der Waals surface area contributed by atoms with E-state index in [1.165, 1.54) is 19.5 Å². The van der Waals surface area contributed by atoms with Crippen molar-refractivity contribution in [2.24, 2.45) is 11.8 Å². The Morgan fingerprint density at radius 1 is 1.42 bits per heavy atom. The SMILES string of the molecule is CNC(c1ccccc1F)C(C)CN1CCC(C)C1. The maximum atomic E-state index is 13.9. The van der Waals surface area contributed by atoms with E-state index in [1.54, 1.807) is 12.1 Å². The number of nitrogens with zero attached hydrogens (tertiary/aromatic N) is 1. The Bertz CT molecular complexity index is 407. The Labute approximate surface area is 116 Å². The minimum absolute atomic E-state index is 0.0807. The number of hydrogen-bond acceptors (Lipinski definition) is 2. The molecule has 0 bridgehead atoms. The van der Waals surface area contributed by atoms with E-state index in [0.29, 0.717) is 5.92 Å². The van der Waals surface area contributed by atoms with Crippen molar-refractivity contribution < 1.29 is 4.39 Å².